The number of halogens is 2. The molecular formula is C13H11Br2NO4. The summed E-state index contributed by atoms with van der Waals surface area (Å²) in [5.41, 5.74) is 0.896. The largest absolute Gasteiger partial charge is 0.496 e. The number of aromatic nitrogens is 1. The standard InChI is InChI=1S/C13H11Br2NO4/c1-3-20-13(18)12(17)6-5-16-11-9(6)8(19-2)4-7(14)10(11)15/h4-5,16H,3H2,1-2H3. The first kappa shape index (κ1) is 15.1. The fraction of sp³-hybridized carbons (Fsp3) is 0.231. The number of esters is 1. The highest BCUT2D eigenvalue weighted by atomic mass is 79.9. The quantitative estimate of drug-likeness (QED) is 0.481. The van der Waals surface area contributed by atoms with Gasteiger partial charge in [0, 0.05) is 10.7 Å². The van der Waals surface area contributed by atoms with Gasteiger partial charge in [-0.15, -0.1) is 0 Å². The lowest BCUT2D eigenvalue weighted by molar-refractivity contribution is -0.137. The Hall–Kier alpha value is -1.34. The van der Waals surface area contributed by atoms with Crippen molar-refractivity contribution in [2.75, 3.05) is 13.7 Å². The minimum atomic E-state index is -0.880. The highest BCUT2D eigenvalue weighted by Crippen LogP contribution is 2.39. The highest BCUT2D eigenvalue weighted by molar-refractivity contribution is 9.13. The number of ketones is 1. The lowest BCUT2D eigenvalue weighted by atomic mass is 10.1. The van der Waals surface area contributed by atoms with Crippen LogP contribution in [0.4, 0.5) is 0 Å². The fourth-order valence-electron chi connectivity index (χ4n) is 1.87. The van der Waals surface area contributed by atoms with E-state index >= 15 is 0 Å². The van der Waals surface area contributed by atoms with Crippen molar-refractivity contribution in [1.29, 1.82) is 0 Å². The summed E-state index contributed by atoms with van der Waals surface area (Å²) in [5, 5.41) is 0.542. The number of nitrogens with one attached hydrogen (secondary N) is 1. The molecule has 0 aliphatic carbocycles. The molecule has 0 aliphatic heterocycles. The summed E-state index contributed by atoms with van der Waals surface area (Å²) in [6.45, 7) is 1.80. The molecule has 7 heteroatoms. The van der Waals surface area contributed by atoms with Gasteiger partial charge in [-0.1, -0.05) is 0 Å². The second kappa shape index (κ2) is 5.97. The molecule has 0 saturated carbocycles. The molecule has 1 aromatic carbocycles. The van der Waals surface area contributed by atoms with Crippen molar-refractivity contribution in [1.82, 2.24) is 4.98 Å². The molecular weight excluding hydrogens is 394 g/mol. The van der Waals surface area contributed by atoms with E-state index in [4.69, 9.17) is 9.47 Å². The van der Waals surface area contributed by atoms with Crippen molar-refractivity contribution in [3.8, 4) is 5.75 Å². The van der Waals surface area contributed by atoms with Gasteiger partial charge in [-0.2, -0.15) is 0 Å². The normalized spacial score (nSPS) is 10.6. The Labute approximate surface area is 131 Å². The van der Waals surface area contributed by atoms with E-state index in [0.29, 0.717) is 16.7 Å². The summed E-state index contributed by atoms with van der Waals surface area (Å²) in [7, 11) is 1.50. The number of hydrogen-bond acceptors (Lipinski definition) is 4. The van der Waals surface area contributed by atoms with Crippen LogP contribution in [0.2, 0.25) is 0 Å². The van der Waals surface area contributed by atoms with Gasteiger partial charge < -0.3 is 14.5 Å². The Morgan fingerprint density at radius 1 is 1.35 bits per heavy atom. The first-order valence-electron chi connectivity index (χ1n) is 5.75. The predicted molar refractivity (Wildman–Crippen MR) is 81.2 cm³/mol. The highest BCUT2D eigenvalue weighted by Gasteiger charge is 2.24. The molecule has 1 heterocycles. The Bertz CT molecular complexity index is 693. The number of carbonyl (C=O) groups is 2. The van der Waals surface area contributed by atoms with Gasteiger partial charge in [-0.05, 0) is 44.8 Å². The molecule has 0 saturated heterocycles. The Balaban J connectivity index is 2.64. The summed E-state index contributed by atoms with van der Waals surface area (Å²) in [6, 6.07) is 1.72. The van der Waals surface area contributed by atoms with Crippen molar-refractivity contribution >= 4 is 54.5 Å². The number of Topliss-reactive ketones (excluding diaryl/α,β-unsaturated/α-hetero) is 1. The summed E-state index contributed by atoms with van der Waals surface area (Å²) in [6.07, 6.45) is 1.48. The van der Waals surface area contributed by atoms with Crippen LogP contribution >= 0.6 is 31.9 Å². The van der Waals surface area contributed by atoms with E-state index in [1.54, 1.807) is 13.0 Å². The fourth-order valence-corrected chi connectivity index (χ4v) is 2.70. The molecule has 0 aliphatic rings. The minimum absolute atomic E-state index is 0.152. The third-order valence-corrected chi connectivity index (χ3v) is 4.72. The molecule has 1 N–H and O–H groups in total. The molecule has 0 bridgehead atoms. The van der Waals surface area contributed by atoms with Crippen LogP contribution in [-0.4, -0.2) is 30.5 Å². The first-order valence-corrected chi connectivity index (χ1v) is 7.34. The van der Waals surface area contributed by atoms with Crippen LogP contribution in [0.3, 0.4) is 0 Å². The van der Waals surface area contributed by atoms with Gasteiger partial charge in [0.05, 0.1) is 34.7 Å². The van der Waals surface area contributed by atoms with Crippen LogP contribution in [-0.2, 0) is 9.53 Å². The molecule has 5 nitrogen and oxygen atoms in total. The lowest BCUT2D eigenvalue weighted by Crippen LogP contribution is -2.17. The summed E-state index contributed by atoms with van der Waals surface area (Å²) >= 11 is 6.80. The van der Waals surface area contributed by atoms with Gasteiger partial charge in [0.15, 0.2) is 0 Å². The van der Waals surface area contributed by atoms with Crippen LogP contribution in [0.25, 0.3) is 10.9 Å². The van der Waals surface area contributed by atoms with Crippen molar-refractivity contribution in [2.24, 2.45) is 0 Å². The number of hydrogen-bond donors (Lipinski definition) is 1. The molecule has 0 fully saturated rings. The predicted octanol–water partition coefficient (Wildman–Crippen LogP) is 3.45. The molecule has 0 unspecified atom stereocenters. The summed E-state index contributed by atoms with van der Waals surface area (Å²) in [4.78, 5) is 26.7. The van der Waals surface area contributed by atoms with Gasteiger partial charge in [0.25, 0.3) is 5.78 Å². The molecule has 0 atom stereocenters. The maximum Gasteiger partial charge on any atom is 0.379 e. The van der Waals surface area contributed by atoms with Crippen LogP contribution < -0.4 is 4.74 Å². The number of fused-ring (bicyclic) bond motifs is 1. The van der Waals surface area contributed by atoms with Crippen molar-refractivity contribution in [3.63, 3.8) is 0 Å². The van der Waals surface area contributed by atoms with Crippen LogP contribution in [0, 0.1) is 0 Å². The third kappa shape index (κ3) is 2.47. The maximum absolute atomic E-state index is 12.1. The Morgan fingerprint density at radius 2 is 2.05 bits per heavy atom. The van der Waals surface area contributed by atoms with E-state index in [1.807, 2.05) is 0 Å². The van der Waals surface area contributed by atoms with E-state index in [-0.39, 0.29) is 12.2 Å². The molecule has 0 spiro atoms. The second-order valence-electron chi connectivity index (χ2n) is 3.88. The number of carbonyl (C=O) groups excluding carboxylic acids is 2. The summed E-state index contributed by atoms with van der Waals surface area (Å²) in [5.74, 6) is -1.09. The topological polar surface area (TPSA) is 68.4 Å². The van der Waals surface area contributed by atoms with Crippen molar-refractivity contribution < 1.29 is 19.1 Å². The van der Waals surface area contributed by atoms with Crippen LogP contribution in [0.15, 0.2) is 21.2 Å². The number of aromatic amines is 1. The number of benzene rings is 1. The number of rotatable bonds is 4. The molecule has 106 valence electrons. The number of H-pyrrole nitrogens is 1. The van der Waals surface area contributed by atoms with Gasteiger partial charge >= 0.3 is 5.97 Å². The number of methoxy groups -OCH3 is 1. The van der Waals surface area contributed by atoms with E-state index in [1.165, 1.54) is 13.3 Å². The van der Waals surface area contributed by atoms with Gasteiger partial charge in [-0.3, -0.25) is 4.79 Å². The SMILES string of the molecule is CCOC(=O)C(=O)c1c[nH]c2c(Br)c(Br)cc(OC)c12. The van der Waals surface area contributed by atoms with E-state index in [2.05, 4.69) is 36.8 Å². The third-order valence-electron chi connectivity index (χ3n) is 2.74. The minimum Gasteiger partial charge on any atom is -0.496 e. The first-order chi connectivity index (χ1) is 9.51. The molecule has 20 heavy (non-hydrogen) atoms. The monoisotopic (exact) mass is 403 g/mol. The number of ether oxygens (including phenoxy) is 2. The van der Waals surface area contributed by atoms with Gasteiger partial charge in [0.2, 0.25) is 0 Å². The Morgan fingerprint density at radius 3 is 2.65 bits per heavy atom. The average Bonchev–Trinajstić information content (AvgIpc) is 2.87. The molecule has 0 radical (unpaired) electrons. The Kier molecular flexibility index (Phi) is 4.49. The maximum atomic E-state index is 12.1. The van der Waals surface area contributed by atoms with Crippen molar-refractivity contribution in [3.05, 3.63) is 26.8 Å². The van der Waals surface area contributed by atoms with Gasteiger partial charge in [0.1, 0.15) is 5.75 Å². The lowest BCUT2D eigenvalue weighted by Gasteiger charge is -2.07. The van der Waals surface area contributed by atoms with E-state index < -0.39 is 11.8 Å². The molecule has 1 aromatic heterocycles. The van der Waals surface area contributed by atoms with Crippen LogP contribution in [0.5, 0.6) is 5.75 Å². The smallest absolute Gasteiger partial charge is 0.379 e. The molecule has 2 rings (SSSR count). The average molecular weight is 405 g/mol. The van der Waals surface area contributed by atoms with Gasteiger partial charge in [-0.25, -0.2) is 4.79 Å². The van der Waals surface area contributed by atoms with Crippen molar-refractivity contribution in [2.45, 2.75) is 6.92 Å². The summed E-state index contributed by atoms with van der Waals surface area (Å²) < 4.78 is 11.5. The van der Waals surface area contributed by atoms with E-state index in [0.717, 1.165) is 8.95 Å². The molecule has 0 amide bonds. The zero-order chi connectivity index (χ0) is 14.9. The van der Waals surface area contributed by atoms with E-state index in [9.17, 15) is 9.59 Å². The molecule has 2 aromatic rings. The zero-order valence-electron chi connectivity index (χ0n) is 10.8. The zero-order valence-corrected chi connectivity index (χ0v) is 13.9. The second-order valence-corrected chi connectivity index (χ2v) is 5.52. The van der Waals surface area contributed by atoms with Crippen LogP contribution in [0.1, 0.15) is 17.3 Å².